The first-order chi connectivity index (χ1) is 15.7. The number of hydrogen-bond donors (Lipinski definition) is 1. The molecule has 1 N–H and O–H groups in total. The Morgan fingerprint density at radius 2 is 2.00 bits per heavy atom. The molecular formula is C24H26F3N3O3. The average Bonchev–Trinajstić information content (AvgIpc) is 3.32. The topological polar surface area (TPSA) is 69.3 Å². The highest BCUT2D eigenvalue weighted by atomic mass is 19.4. The molecule has 0 radical (unpaired) electrons. The lowest BCUT2D eigenvalue weighted by atomic mass is 10.1. The molecule has 176 valence electrons. The molecule has 1 aromatic carbocycles. The van der Waals surface area contributed by atoms with Crippen molar-refractivity contribution >= 4 is 5.91 Å². The van der Waals surface area contributed by atoms with Crippen LogP contribution >= 0.6 is 0 Å². The minimum atomic E-state index is -4.46. The van der Waals surface area contributed by atoms with Crippen LogP contribution in [0.15, 0.2) is 40.8 Å². The van der Waals surface area contributed by atoms with E-state index in [1.807, 2.05) is 32.0 Å². The van der Waals surface area contributed by atoms with Crippen molar-refractivity contribution in [3.63, 3.8) is 0 Å². The van der Waals surface area contributed by atoms with Gasteiger partial charge in [0.2, 0.25) is 0 Å². The van der Waals surface area contributed by atoms with Gasteiger partial charge in [0.1, 0.15) is 18.1 Å². The molecular weight excluding hydrogens is 435 g/mol. The van der Waals surface area contributed by atoms with E-state index in [2.05, 4.69) is 10.4 Å². The Morgan fingerprint density at radius 3 is 2.73 bits per heavy atom. The van der Waals surface area contributed by atoms with Crippen molar-refractivity contribution in [2.75, 3.05) is 6.54 Å². The van der Waals surface area contributed by atoms with Crippen LogP contribution in [-0.4, -0.2) is 22.2 Å². The zero-order valence-corrected chi connectivity index (χ0v) is 18.5. The van der Waals surface area contributed by atoms with Crippen LogP contribution in [0.4, 0.5) is 13.2 Å². The van der Waals surface area contributed by atoms with E-state index in [1.54, 1.807) is 12.1 Å². The molecule has 6 nitrogen and oxygen atoms in total. The fraction of sp³-hybridized carbons (Fsp3) is 0.417. The SMILES string of the molecule is Cc1ccc(C)c(OCc2ccc(C(=O)NCCCn3nc(C(F)(F)F)cc3C3CC3)o2)c1. The number of carbonyl (C=O) groups excluding carboxylic acids is 1. The second-order valence-corrected chi connectivity index (χ2v) is 8.38. The van der Waals surface area contributed by atoms with Crippen LogP contribution in [0.3, 0.4) is 0 Å². The number of aromatic nitrogens is 2. The fourth-order valence-electron chi connectivity index (χ4n) is 3.56. The first-order valence-electron chi connectivity index (χ1n) is 10.9. The van der Waals surface area contributed by atoms with E-state index in [4.69, 9.17) is 9.15 Å². The molecule has 4 rings (SSSR count). The molecule has 0 aliphatic heterocycles. The summed E-state index contributed by atoms with van der Waals surface area (Å²) in [4.78, 5) is 12.3. The first kappa shape index (κ1) is 22.9. The third-order valence-corrected chi connectivity index (χ3v) is 5.53. The molecule has 9 heteroatoms. The van der Waals surface area contributed by atoms with Gasteiger partial charge in [-0.3, -0.25) is 9.48 Å². The number of rotatable bonds is 9. The van der Waals surface area contributed by atoms with Gasteiger partial charge in [-0.15, -0.1) is 0 Å². The Labute approximate surface area is 189 Å². The predicted octanol–water partition coefficient (Wildman–Crippen LogP) is 5.39. The molecule has 1 fully saturated rings. The Hall–Kier alpha value is -3.23. The molecule has 1 saturated carbocycles. The second-order valence-electron chi connectivity index (χ2n) is 8.38. The van der Waals surface area contributed by atoms with Gasteiger partial charge in [-0.1, -0.05) is 12.1 Å². The van der Waals surface area contributed by atoms with E-state index in [1.165, 1.54) is 4.68 Å². The van der Waals surface area contributed by atoms with E-state index in [0.717, 1.165) is 35.8 Å². The van der Waals surface area contributed by atoms with Gasteiger partial charge in [0.05, 0.1) is 0 Å². The van der Waals surface area contributed by atoms with Crippen molar-refractivity contribution in [1.29, 1.82) is 0 Å². The maximum Gasteiger partial charge on any atom is 0.435 e. The molecule has 1 amide bonds. The minimum absolute atomic E-state index is 0.149. The number of amides is 1. The van der Waals surface area contributed by atoms with Gasteiger partial charge >= 0.3 is 6.18 Å². The van der Waals surface area contributed by atoms with E-state index in [9.17, 15) is 18.0 Å². The highest BCUT2D eigenvalue weighted by molar-refractivity contribution is 5.91. The van der Waals surface area contributed by atoms with E-state index in [-0.39, 0.29) is 24.2 Å². The van der Waals surface area contributed by atoms with Crippen LogP contribution in [-0.2, 0) is 19.3 Å². The van der Waals surface area contributed by atoms with Gasteiger partial charge in [-0.25, -0.2) is 0 Å². The number of halogens is 3. The van der Waals surface area contributed by atoms with Crippen molar-refractivity contribution in [3.8, 4) is 5.75 Å². The normalized spacial score (nSPS) is 13.8. The number of nitrogens with zero attached hydrogens (tertiary/aromatic N) is 2. The van der Waals surface area contributed by atoms with Crippen LogP contribution in [0.5, 0.6) is 5.75 Å². The third-order valence-electron chi connectivity index (χ3n) is 5.53. The van der Waals surface area contributed by atoms with Gasteiger partial charge in [-0.2, -0.15) is 18.3 Å². The fourth-order valence-corrected chi connectivity index (χ4v) is 3.56. The zero-order valence-electron chi connectivity index (χ0n) is 18.5. The Morgan fingerprint density at radius 1 is 1.21 bits per heavy atom. The summed E-state index contributed by atoms with van der Waals surface area (Å²) in [6.45, 7) is 4.73. The predicted molar refractivity (Wildman–Crippen MR) is 115 cm³/mol. The summed E-state index contributed by atoms with van der Waals surface area (Å²) in [7, 11) is 0. The highest BCUT2D eigenvalue weighted by Gasteiger charge is 2.37. The molecule has 0 saturated heterocycles. The second kappa shape index (κ2) is 9.33. The minimum Gasteiger partial charge on any atom is -0.485 e. The summed E-state index contributed by atoms with van der Waals surface area (Å²) in [5.74, 6) is 1.20. The van der Waals surface area contributed by atoms with Gasteiger partial charge < -0.3 is 14.5 Å². The van der Waals surface area contributed by atoms with Crippen LogP contribution in [0.25, 0.3) is 0 Å². The zero-order chi connectivity index (χ0) is 23.6. The summed E-state index contributed by atoms with van der Waals surface area (Å²) in [5.41, 5.74) is 1.85. The molecule has 0 atom stereocenters. The highest BCUT2D eigenvalue weighted by Crippen LogP contribution is 2.42. The monoisotopic (exact) mass is 461 g/mol. The van der Waals surface area contributed by atoms with Crippen LogP contribution in [0.2, 0.25) is 0 Å². The molecule has 1 aliphatic rings. The van der Waals surface area contributed by atoms with Gasteiger partial charge in [0, 0.05) is 24.7 Å². The summed E-state index contributed by atoms with van der Waals surface area (Å²) in [6, 6.07) is 10.3. The number of nitrogens with one attached hydrogen (secondary N) is 1. The van der Waals surface area contributed by atoms with Crippen LogP contribution < -0.4 is 10.1 Å². The number of benzene rings is 1. The van der Waals surface area contributed by atoms with E-state index in [0.29, 0.717) is 31.0 Å². The van der Waals surface area contributed by atoms with Gasteiger partial charge in [0.25, 0.3) is 5.91 Å². The van der Waals surface area contributed by atoms with Gasteiger partial charge in [-0.05, 0) is 68.5 Å². The van der Waals surface area contributed by atoms with Crippen molar-refractivity contribution in [1.82, 2.24) is 15.1 Å². The van der Waals surface area contributed by atoms with Crippen molar-refractivity contribution in [3.05, 3.63) is 70.4 Å². The largest absolute Gasteiger partial charge is 0.485 e. The van der Waals surface area contributed by atoms with Crippen LogP contribution in [0, 0.1) is 13.8 Å². The maximum absolute atomic E-state index is 13.0. The van der Waals surface area contributed by atoms with Crippen molar-refractivity contribution < 1.29 is 27.1 Å². The van der Waals surface area contributed by atoms with Crippen molar-refractivity contribution in [2.24, 2.45) is 0 Å². The summed E-state index contributed by atoms with van der Waals surface area (Å²) >= 11 is 0. The lowest BCUT2D eigenvalue weighted by molar-refractivity contribution is -0.141. The molecule has 0 spiro atoms. The molecule has 1 aliphatic carbocycles. The number of alkyl halides is 3. The quantitative estimate of drug-likeness (QED) is 0.434. The first-order valence-corrected chi connectivity index (χ1v) is 10.9. The standard InChI is InChI=1S/C24H26F3N3O3/c1-15-4-5-16(2)21(12-15)32-14-18-8-9-20(33-18)23(31)28-10-3-11-30-19(17-6-7-17)13-22(29-30)24(25,26)27/h4-5,8-9,12-13,17H,3,6-7,10-11,14H2,1-2H3,(H,28,31). The summed E-state index contributed by atoms with van der Waals surface area (Å²) < 4.78 is 51.7. The number of hydrogen-bond acceptors (Lipinski definition) is 4. The van der Waals surface area contributed by atoms with Crippen LogP contribution in [0.1, 0.15) is 64.0 Å². The Kier molecular flexibility index (Phi) is 6.49. The van der Waals surface area contributed by atoms with E-state index >= 15 is 0 Å². The smallest absolute Gasteiger partial charge is 0.435 e. The van der Waals surface area contributed by atoms with Crippen molar-refractivity contribution in [2.45, 2.75) is 58.4 Å². The molecule has 0 bridgehead atoms. The molecule has 2 heterocycles. The molecule has 3 aromatic rings. The van der Waals surface area contributed by atoms with Gasteiger partial charge in [0.15, 0.2) is 11.5 Å². The lowest BCUT2D eigenvalue weighted by Crippen LogP contribution is -2.25. The molecule has 2 aromatic heterocycles. The Bertz CT molecular complexity index is 1130. The maximum atomic E-state index is 13.0. The summed E-state index contributed by atoms with van der Waals surface area (Å²) in [5, 5.41) is 6.46. The third kappa shape index (κ3) is 5.77. The average molecular weight is 461 g/mol. The molecule has 0 unspecified atom stereocenters. The lowest BCUT2D eigenvalue weighted by Gasteiger charge is -2.08. The molecule has 33 heavy (non-hydrogen) atoms. The number of furan rings is 1. The van der Waals surface area contributed by atoms with E-state index < -0.39 is 11.9 Å². The number of aryl methyl sites for hydroxylation is 3. The summed E-state index contributed by atoms with van der Waals surface area (Å²) in [6.07, 6.45) is -2.24. The number of carbonyl (C=O) groups is 1. The number of ether oxygens (including phenoxy) is 1. The Balaban J connectivity index is 1.26.